The molecule has 0 radical (unpaired) electrons. The molecule has 0 saturated heterocycles. The summed E-state index contributed by atoms with van der Waals surface area (Å²) >= 11 is 8.95. The van der Waals surface area contributed by atoms with Crippen molar-refractivity contribution in [3.8, 4) is 0 Å². The van der Waals surface area contributed by atoms with Crippen molar-refractivity contribution in [3.63, 3.8) is 0 Å². The first-order chi connectivity index (χ1) is 9.47. The van der Waals surface area contributed by atoms with Crippen molar-refractivity contribution in [1.82, 2.24) is 4.98 Å². The van der Waals surface area contributed by atoms with Crippen LogP contribution >= 0.6 is 27.5 Å². The number of hydrogen-bond donors (Lipinski definition) is 1. The molecular formula is C13H11BrClN3O2. The predicted molar refractivity (Wildman–Crippen MR) is 82.1 cm³/mol. The molecular weight excluding hydrogens is 346 g/mol. The molecule has 0 unspecified atom stereocenters. The molecule has 0 aliphatic carbocycles. The van der Waals surface area contributed by atoms with Gasteiger partial charge in [-0.3, -0.25) is 10.1 Å². The normalized spacial score (nSPS) is 10.3. The van der Waals surface area contributed by atoms with Gasteiger partial charge in [-0.25, -0.2) is 4.98 Å². The zero-order chi connectivity index (χ0) is 14.7. The van der Waals surface area contributed by atoms with E-state index in [9.17, 15) is 10.1 Å². The highest BCUT2D eigenvalue weighted by atomic mass is 79.9. The summed E-state index contributed by atoms with van der Waals surface area (Å²) in [6, 6.07) is 8.56. The number of halogens is 2. The van der Waals surface area contributed by atoms with Crippen LogP contribution < -0.4 is 5.32 Å². The van der Waals surface area contributed by atoms with Crippen LogP contribution in [0.3, 0.4) is 0 Å². The number of aromatic nitrogens is 1. The Balaban J connectivity index is 2.15. The van der Waals surface area contributed by atoms with Gasteiger partial charge in [0.25, 0.3) is 5.69 Å². The van der Waals surface area contributed by atoms with Crippen LogP contribution in [0.1, 0.15) is 11.3 Å². The zero-order valence-corrected chi connectivity index (χ0v) is 12.9. The van der Waals surface area contributed by atoms with Gasteiger partial charge in [-0.05, 0) is 46.6 Å². The van der Waals surface area contributed by atoms with Gasteiger partial charge in [-0.15, -0.1) is 0 Å². The summed E-state index contributed by atoms with van der Waals surface area (Å²) in [5.41, 5.74) is 2.49. The van der Waals surface area contributed by atoms with Gasteiger partial charge in [-0.2, -0.15) is 0 Å². The van der Waals surface area contributed by atoms with Gasteiger partial charge in [0.2, 0.25) is 0 Å². The number of nitrogens with one attached hydrogen (secondary N) is 1. The number of aryl methyl sites for hydroxylation is 1. The Morgan fingerprint density at radius 1 is 1.40 bits per heavy atom. The monoisotopic (exact) mass is 355 g/mol. The minimum absolute atomic E-state index is 0.0512. The van der Waals surface area contributed by atoms with E-state index in [2.05, 4.69) is 26.2 Å². The quantitative estimate of drug-likeness (QED) is 0.503. The zero-order valence-electron chi connectivity index (χ0n) is 10.6. The van der Waals surface area contributed by atoms with Crippen molar-refractivity contribution in [2.24, 2.45) is 0 Å². The van der Waals surface area contributed by atoms with E-state index < -0.39 is 4.92 Å². The highest BCUT2D eigenvalue weighted by Crippen LogP contribution is 2.26. The van der Waals surface area contributed by atoms with Crippen molar-refractivity contribution < 1.29 is 4.92 Å². The van der Waals surface area contributed by atoms with Crippen LogP contribution in [-0.4, -0.2) is 9.91 Å². The molecule has 0 saturated carbocycles. The predicted octanol–water partition coefficient (Wildman–Crippen LogP) is 4.33. The molecule has 0 spiro atoms. The summed E-state index contributed by atoms with van der Waals surface area (Å²) in [5.74, 6) is 0. The number of nitro benzene ring substituents is 1. The second-order valence-corrected chi connectivity index (χ2v) is 5.40. The molecule has 0 fully saturated rings. The Bertz CT molecular complexity index is 664. The second kappa shape index (κ2) is 6.19. The van der Waals surface area contributed by atoms with E-state index in [-0.39, 0.29) is 5.69 Å². The van der Waals surface area contributed by atoms with Crippen molar-refractivity contribution in [1.29, 1.82) is 0 Å². The number of nitro groups is 1. The van der Waals surface area contributed by atoms with Gasteiger partial charge in [-0.1, -0.05) is 17.7 Å². The smallest absolute Gasteiger partial charge is 0.283 e. The third kappa shape index (κ3) is 3.46. The fraction of sp³-hybridized carbons (Fsp3) is 0.154. The SMILES string of the molecule is Cc1nc(Cl)ccc1NCc1ccc(Br)c([N+](=O)[O-])c1. The van der Waals surface area contributed by atoms with Gasteiger partial charge in [0.05, 0.1) is 20.8 Å². The maximum absolute atomic E-state index is 10.9. The number of rotatable bonds is 4. The van der Waals surface area contributed by atoms with E-state index in [1.54, 1.807) is 12.1 Å². The minimum atomic E-state index is -0.414. The number of anilines is 1. The van der Waals surface area contributed by atoms with E-state index in [0.717, 1.165) is 16.9 Å². The molecule has 2 aromatic rings. The molecule has 0 amide bonds. The Morgan fingerprint density at radius 2 is 2.15 bits per heavy atom. The largest absolute Gasteiger partial charge is 0.379 e. The van der Waals surface area contributed by atoms with Gasteiger partial charge < -0.3 is 5.32 Å². The Hall–Kier alpha value is -1.66. The van der Waals surface area contributed by atoms with Crippen molar-refractivity contribution in [2.45, 2.75) is 13.5 Å². The lowest BCUT2D eigenvalue weighted by molar-refractivity contribution is -0.385. The molecule has 2 rings (SSSR count). The molecule has 0 bridgehead atoms. The van der Waals surface area contributed by atoms with Crippen molar-refractivity contribution in [2.75, 3.05) is 5.32 Å². The third-order valence-electron chi connectivity index (χ3n) is 2.74. The molecule has 7 heteroatoms. The molecule has 0 aliphatic rings. The first-order valence-corrected chi connectivity index (χ1v) is 6.94. The summed E-state index contributed by atoms with van der Waals surface area (Å²) in [4.78, 5) is 14.6. The van der Waals surface area contributed by atoms with Crippen LogP contribution in [0.5, 0.6) is 0 Å². The summed E-state index contributed by atoms with van der Waals surface area (Å²) in [5, 5.41) is 14.5. The Labute approximate surface area is 129 Å². The summed E-state index contributed by atoms with van der Waals surface area (Å²) in [6.45, 7) is 2.32. The third-order valence-corrected chi connectivity index (χ3v) is 3.62. The van der Waals surface area contributed by atoms with Crippen LogP contribution in [0.15, 0.2) is 34.8 Å². The Morgan fingerprint density at radius 3 is 2.80 bits per heavy atom. The highest BCUT2D eigenvalue weighted by Gasteiger charge is 2.12. The molecule has 104 valence electrons. The number of hydrogen-bond acceptors (Lipinski definition) is 4. The molecule has 20 heavy (non-hydrogen) atoms. The molecule has 5 nitrogen and oxygen atoms in total. The van der Waals surface area contributed by atoms with Gasteiger partial charge in [0.15, 0.2) is 0 Å². The first-order valence-electron chi connectivity index (χ1n) is 5.77. The first kappa shape index (κ1) is 14.7. The summed E-state index contributed by atoms with van der Waals surface area (Å²) in [7, 11) is 0. The fourth-order valence-electron chi connectivity index (χ4n) is 1.72. The fourth-order valence-corrected chi connectivity index (χ4v) is 2.30. The molecule has 0 aliphatic heterocycles. The standard InChI is InChI=1S/C13H11BrClN3O2/c1-8-11(4-5-13(15)17-8)16-7-9-2-3-10(14)12(6-9)18(19)20/h2-6,16H,7H2,1H3. The van der Waals surface area contributed by atoms with Crippen LogP contribution in [0, 0.1) is 17.0 Å². The van der Waals surface area contributed by atoms with Gasteiger partial charge in [0, 0.05) is 12.6 Å². The highest BCUT2D eigenvalue weighted by molar-refractivity contribution is 9.10. The van der Waals surface area contributed by atoms with E-state index in [1.165, 1.54) is 6.07 Å². The molecule has 1 N–H and O–H groups in total. The lowest BCUT2D eigenvalue weighted by Crippen LogP contribution is -2.03. The summed E-state index contributed by atoms with van der Waals surface area (Å²) < 4.78 is 0.468. The van der Waals surface area contributed by atoms with E-state index in [1.807, 2.05) is 19.1 Å². The Kier molecular flexibility index (Phi) is 4.57. The van der Waals surface area contributed by atoms with E-state index >= 15 is 0 Å². The number of pyridine rings is 1. The minimum Gasteiger partial charge on any atom is -0.379 e. The number of nitrogens with zero attached hydrogens (tertiary/aromatic N) is 2. The van der Waals surface area contributed by atoms with E-state index in [4.69, 9.17) is 11.6 Å². The second-order valence-electron chi connectivity index (χ2n) is 4.16. The van der Waals surface area contributed by atoms with Gasteiger partial charge >= 0.3 is 0 Å². The average molecular weight is 357 g/mol. The van der Waals surface area contributed by atoms with Crippen molar-refractivity contribution >= 4 is 38.9 Å². The topological polar surface area (TPSA) is 68.1 Å². The lowest BCUT2D eigenvalue weighted by atomic mass is 10.2. The van der Waals surface area contributed by atoms with Crippen LogP contribution in [0.2, 0.25) is 5.15 Å². The van der Waals surface area contributed by atoms with Gasteiger partial charge in [0.1, 0.15) is 5.15 Å². The lowest BCUT2D eigenvalue weighted by Gasteiger charge is -2.09. The molecule has 1 aromatic heterocycles. The molecule has 1 aromatic carbocycles. The average Bonchev–Trinajstić information content (AvgIpc) is 2.39. The van der Waals surface area contributed by atoms with E-state index in [0.29, 0.717) is 16.2 Å². The van der Waals surface area contributed by atoms with Crippen molar-refractivity contribution in [3.05, 3.63) is 61.3 Å². The summed E-state index contributed by atoms with van der Waals surface area (Å²) in [6.07, 6.45) is 0. The maximum Gasteiger partial charge on any atom is 0.283 e. The van der Waals surface area contributed by atoms with Crippen LogP contribution in [0.4, 0.5) is 11.4 Å². The maximum atomic E-state index is 10.9. The molecule has 0 atom stereocenters. The number of benzene rings is 1. The van der Waals surface area contributed by atoms with Crippen LogP contribution in [0.25, 0.3) is 0 Å². The van der Waals surface area contributed by atoms with Crippen LogP contribution in [-0.2, 0) is 6.54 Å². The molecule has 1 heterocycles.